The van der Waals surface area contributed by atoms with Crippen molar-refractivity contribution in [2.75, 3.05) is 0 Å². The standard InChI is InChI=1S/C10H15N3O4S/c1-10(2,3)17-9(16)11-6(4-8(14)15)7-5-18-13-12-7/h5-6H,4H2,1-3H3,(H,11,16)(H,14,15)/t6-/m1/s1. The highest BCUT2D eigenvalue weighted by atomic mass is 32.1. The van der Waals surface area contributed by atoms with Crippen molar-refractivity contribution in [2.24, 2.45) is 0 Å². The van der Waals surface area contributed by atoms with Gasteiger partial charge in [0.25, 0.3) is 0 Å². The summed E-state index contributed by atoms with van der Waals surface area (Å²) >= 11 is 1.09. The Bertz CT molecular complexity index is 413. The van der Waals surface area contributed by atoms with Crippen molar-refractivity contribution >= 4 is 23.6 Å². The van der Waals surface area contributed by atoms with Crippen LogP contribution < -0.4 is 5.32 Å². The molecule has 1 amide bonds. The van der Waals surface area contributed by atoms with Crippen LogP contribution in [0.2, 0.25) is 0 Å². The summed E-state index contributed by atoms with van der Waals surface area (Å²) in [7, 11) is 0. The van der Waals surface area contributed by atoms with E-state index in [1.807, 2.05) is 0 Å². The summed E-state index contributed by atoms with van der Waals surface area (Å²) < 4.78 is 8.70. The fourth-order valence-corrected chi connectivity index (χ4v) is 1.69. The van der Waals surface area contributed by atoms with Gasteiger partial charge in [0.05, 0.1) is 18.2 Å². The van der Waals surface area contributed by atoms with Crippen LogP contribution in [0, 0.1) is 0 Å². The summed E-state index contributed by atoms with van der Waals surface area (Å²) in [5.74, 6) is -1.04. The molecule has 0 radical (unpaired) electrons. The molecule has 7 nitrogen and oxygen atoms in total. The summed E-state index contributed by atoms with van der Waals surface area (Å²) in [4.78, 5) is 22.3. The Labute approximate surface area is 108 Å². The SMILES string of the molecule is CC(C)(C)OC(=O)N[C@H](CC(=O)O)c1csnn1. The second-order valence-electron chi connectivity index (χ2n) is 4.63. The number of ether oxygens (including phenoxy) is 1. The summed E-state index contributed by atoms with van der Waals surface area (Å²) in [6, 6.07) is -0.740. The molecule has 8 heteroatoms. The van der Waals surface area contributed by atoms with Gasteiger partial charge in [-0.25, -0.2) is 4.79 Å². The van der Waals surface area contributed by atoms with E-state index < -0.39 is 23.7 Å². The third kappa shape index (κ3) is 5.09. The first-order valence-corrected chi connectivity index (χ1v) is 6.10. The maximum Gasteiger partial charge on any atom is 0.408 e. The largest absolute Gasteiger partial charge is 0.481 e. The Morgan fingerprint density at radius 2 is 2.22 bits per heavy atom. The van der Waals surface area contributed by atoms with Crippen molar-refractivity contribution in [2.45, 2.75) is 38.8 Å². The zero-order valence-electron chi connectivity index (χ0n) is 10.3. The van der Waals surface area contributed by atoms with Crippen molar-refractivity contribution in [1.82, 2.24) is 14.9 Å². The van der Waals surface area contributed by atoms with Crippen LogP contribution in [0.1, 0.15) is 38.9 Å². The molecule has 0 aliphatic rings. The molecule has 1 rings (SSSR count). The quantitative estimate of drug-likeness (QED) is 0.863. The summed E-state index contributed by atoms with van der Waals surface area (Å²) in [5.41, 5.74) is -0.230. The Kier molecular flexibility index (Phi) is 4.60. The molecule has 2 N–H and O–H groups in total. The fraction of sp³-hybridized carbons (Fsp3) is 0.600. The van der Waals surface area contributed by atoms with Gasteiger partial charge in [-0.2, -0.15) is 0 Å². The van der Waals surface area contributed by atoms with E-state index >= 15 is 0 Å². The minimum atomic E-state index is -1.04. The van der Waals surface area contributed by atoms with Crippen molar-refractivity contribution in [1.29, 1.82) is 0 Å². The molecule has 100 valence electrons. The molecular formula is C10H15N3O4S. The Morgan fingerprint density at radius 3 is 2.67 bits per heavy atom. The lowest BCUT2D eigenvalue weighted by Gasteiger charge is -2.22. The van der Waals surface area contributed by atoms with Gasteiger partial charge in [0.15, 0.2) is 0 Å². The lowest BCUT2D eigenvalue weighted by Crippen LogP contribution is -2.36. The fourth-order valence-electron chi connectivity index (χ4n) is 1.18. The molecular weight excluding hydrogens is 258 g/mol. The van der Waals surface area contributed by atoms with Crippen LogP contribution >= 0.6 is 11.5 Å². The number of alkyl carbamates (subject to hydrolysis) is 1. The highest BCUT2D eigenvalue weighted by Crippen LogP contribution is 2.16. The van der Waals surface area contributed by atoms with Gasteiger partial charge < -0.3 is 15.2 Å². The number of carboxylic acid groups (broad SMARTS) is 1. The molecule has 0 saturated heterocycles. The number of nitrogens with zero attached hydrogens (tertiary/aromatic N) is 2. The normalized spacial score (nSPS) is 12.8. The number of carbonyl (C=O) groups is 2. The molecule has 1 heterocycles. The Morgan fingerprint density at radius 1 is 1.56 bits per heavy atom. The van der Waals surface area contributed by atoms with Gasteiger partial charge in [0.2, 0.25) is 0 Å². The van der Waals surface area contributed by atoms with Crippen LogP contribution in [0.3, 0.4) is 0 Å². The maximum atomic E-state index is 11.6. The van der Waals surface area contributed by atoms with Gasteiger partial charge in [-0.15, -0.1) is 5.10 Å². The number of aliphatic carboxylic acids is 1. The summed E-state index contributed by atoms with van der Waals surface area (Å²) in [6.45, 7) is 5.18. The zero-order chi connectivity index (χ0) is 13.8. The van der Waals surface area contributed by atoms with E-state index in [1.54, 1.807) is 26.2 Å². The van der Waals surface area contributed by atoms with E-state index in [1.165, 1.54) is 0 Å². The van der Waals surface area contributed by atoms with E-state index in [0.29, 0.717) is 5.69 Å². The number of amides is 1. The van der Waals surface area contributed by atoms with Crippen LogP contribution in [-0.2, 0) is 9.53 Å². The number of carboxylic acids is 1. The van der Waals surface area contributed by atoms with Crippen LogP contribution in [0.5, 0.6) is 0 Å². The number of aromatic nitrogens is 2. The van der Waals surface area contributed by atoms with Gasteiger partial charge in [0.1, 0.15) is 5.60 Å². The monoisotopic (exact) mass is 273 g/mol. The number of carbonyl (C=O) groups excluding carboxylic acids is 1. The van der Waals surface area contributed by atoms with Crippen LogP contribution in [0.25, 0.3) is 0 Å². The van der Waals surface area contributed by atoms with Crippen LogP contribution in [-0.4, -0.2) is 32.4 Å². The van der Waals surface area contributed by atoms with Crippen molar-refractivity contribution in [3.05, 3.63) is 11.1 Å². The molecule has 0 unspecified atom stereocenters. The van der Waals surface area contributed by atoms with E-state index in [9.17, 15) is 9.59 Å². The third-order valence-corrected chi connectivity index (χ3v) is 2.33. The predicted octanol–water partition coefficient (Wildman–Crippen LogP) is 1.58. The second kappa shape index (κ2) is 5.76. The molecule has 1 atom stereocenters. The van der Waals surface area contributed by atoms with Crippen molar-refractivity contribution in [3.8, 4) is 0 Å². The van der Waals surface area contributed by atoms with Gasteiger partial charge in [-0.05, 0) is 32.3 Å². The number of hydrogen-bond donors (Lipinski definition) is 2. The first-order valence-electron chi connectivity index (χ1n) is 5.26. The number of rotatable bonds is 4. The van der Waals surface area contributed by atoms with Gasteiger partial charge in [-0.1, -0.05) is 4.49 Å². The molecule has 0 saturated carbocycles. The van der Waals surface area contributed by atoms with Gasteiger partial charge >= 0.3 is 12.1 Å². The topological polar surface area (TPSA) is 101 Å². The molecule has 18 heavy (non-hydrogen) atoms. The molecule has 1 aromatic heterocycles. The number of nitrogens with one attached hydrogen (secondary N) is 1. The molecule has 1 aromatic rings. The molecule has 0 aliphatic heterocycles. The lowest BCUT2D eigenvalue weighted by molar-refractivity contribution is -0.137. The lowest BCUT2D eigenvalue weighted by atomic mass is 10.1. The Balaban J connectivity index is 2.68. The molecule has 0 aromatic carbocycles. The molecule has 0 spiro atoms. The van der Waals surface area contributed by atoms with Crippen molar-refractivity contribution in [3.63, 3.8) is 0 Å². The molecule has 0 bridgehead atoms. The third-order valence-electron chi connectivity index (χ3n) is 1.80. The zero-order valence-corrected chi connectivity index (χ0v) is 11.2. The van der Waals surface area contributed by atoms with Gasteiger partial charge in [-0.3, -0.25) is 4.79 Å². The van der Waals surface area contributed by atoms with E-state index in [-0.39, 0.29) is 6.42 Å². The van der Waals surface area contributed by atoms with Gasteiger partial charge in [0, 0.05) is 5.38 Å². The second-order valence-corrected chi connectivity index (χ2v) is 5.24. The number of hydrogen-bond acceptors (Lipinski definition) is 6. The smallest absolute Gasteiger partial charge is 0.408 e. The maximum absolute atomic E-state index is 11.6. The van der Waals surface area contributed by atoms with Crippen LogP contribution in [0.15, 0.2) is 5.38 Å². The first kappa shape index (κ1) is 14.4. The van der Waals surface area contributed by atoms with E-state index in [4.69, 9.17) is 9.84 Å². The first-order chi connectivity index (χ1) is 8.28. The van der Waals surface area contributed by atoms with E-state index in [0.717, 1.165) is 11.5 Å². The highest BCUT2D eigenvalue weighted by molar-refractivity contribution is 7.03. The predicted molar refractivity (Wildman–Crippen MR) is 64.3 cm³/mol. The Hall–Kier alpha value is -1.70. The summed E-state index contributed by atoms with van der Waals surface area (Å²) in [6.07, 6.45) is -0.952. The van der Waals surface area contributed by atoms with E-state index in [2.05, 4.69) is 14.9 Å². The van der Waals surface area contributed by atoms with Crippen LogP contribution in [0.4, 0.5) is 4.79 Å². The molecule has 0 fully saturated rings. The molecule has 0 aliphatic carbocycles. The minimum absolute atomic E-state index is 0.273. The highest BCUT2D eigenvalue weighted by Gasteiger charge is 2.23. The minimum Gasteiger partial charge on any atom is -0.481 e. The summed E-state index contributed by atoms with van der Waals surface area (Å²) in [5, 5.41) is 16.6. The average molecular weight is 273 g/mol. The average Bonchev–Trinajstić information content (AvgIpc) is 2.64. The van der Waals surface area contributed by atoms with Crippen molar-refractivity contribution < 1.29 is 19.4 Å².